The maximum absolute atomic E-state index is 12.7. The number of nitrogens with two attached hydrogens (primary N) is 1. The lowest BCUT2D eigenvalue weighted by molar-refractivity contribution is -0.137. The minimum absolute atomic E-state index is 0.160. The molecule has 20 heavy (non-hydrogen) atoms. The first-order valence-electron chi connectivity index (χ1n) is 5.23. The molecule has 0 aliphatic carbocycles. The van der Waals surface area contributed by atoms with E-state index in [2.05, 4.69) is 9.97 Å². The standard InChI is InChI=1S/C11H8ClF3N4O/c12-7-3-8(5-17-4-7)20-10-2-6(11(13,14)15)1-9(18-10)19-16/h1-5H,16H2,(H,18,19). The fourth-order valence-corrected chi connectivity index (χ4v) is 1.53. The van der Waals surface area contributed by atoms with Crippen LogP contribution >= 0.6 is 11.6 Å². The number of rotatable bonds is 3. The molecule has 9 heteroatoms. The molecule has 0 aliphatic heterocycles. The van der Waals surface area contributed by atoms with Crippen molar-refractivity contribution in [1.29, 1.82) is 0 Å². The lowest BCUT2D eigenvalue weighted by Crippen LogP contribution is -2.12. The van der Waals surface area contributed by atoms with E-state index in [0.29, 0.717) is 0 Å². The molecule has 2 heterocycles. The number of hydrogen-bond acceptors (Lipinski definition) is 5. The van der Waals surface area contributed by atoms with Gasteiger partial charge >= 0.3 is 6.18 Å². The Balaban J connectivity index is 2.36. The molecule has 2 aromatic heterocycles. The topological polar surface area (TPSA) is 73.1 Å². The van der Waals surface area contributed by atoms with Gasteiger partial charge < -0.3 is 10.2 Å². The Labute approximate surface area is 116 Å². The van der Waals surface area contributed by atoms with Crippen molar-refractivity contribution < 1.29 is 17.9 Å². The first-order valence-corrected chi connectivity index (χ1v) is 5.60. The second-order valence-corrected chi connectivity index (χ2v) is 4.10. The van der Waals surface area contributed by atoms with Crippen LogP contribution in [-0.2, 0) is 6.18 Å². The summed E-state index contributed by atoms with van der Waals surface area (Å²) in [4.78, 5) is 7.51. The Morgan fingerprint density at radius 3 is 2.55 bits per heavy atom. The monoisotopic (exact) mass is 304 g/mol. The second-order valence-electron chi connectivity index (χ2n) is 3.66. The maximum atomic E-state index is 12.7. The van der Waals surface area contributed by atoms with Gasteiger partial charge in [-0.3, -0.25) is 4.98 Å². The number of alkyl halides is 3. The Kier molecular flexibility index (Phi) is 3.96. The first-order chi connectivity index (χ1) is 9.38. The molecule has 0 radical (unpaired) electrons. The predicted molar refractivity (Wildman–Crippen MR) is 66.4 cm³/mol. The molecule has 0 amide bonds. The van der Waals surface area contributed by atoms with Gasteiger partial charge in [-0.25, -0.2) is 5.84 Å². The van der Waals surface area contributed by atoms with Gasteiger partial charge in [0, 0.05) is 18.3 Å². The van der Waals surface area contributed by atoms with Crippen molar-refractivity contribution in [3.05, 3.63) is 41.2 Å². The lowest BCUT2D eigenvalue weighted by Gasteiger charge is -2.11. The van der Waals surface area contributed by atoms with E-state index in [0.717, 1.165) is 12.1 Å². The highest BCUT2D eigenvalue weighted by atomic mass is 35.5. The molecule has 0 unspecified atom stereocenters. The van der Waals surface area contributed by atoms with Gasteiger partial charge in [0.2, 0.25) is 5.88 Å². The number of hydrazine groups is 1. The third-order valence-corrected chi connectivity index (χ3v) is 2.39. The van der Waals surface area contributed by atoms with Crippen molar-refractivity contribution >= 4 is 17.4 Å². The van der Waals surface area contributed by atoms with Crippen LogP contribution in [0.4, 0.5) is 19.0 Å². The van der Waals surface area contributed by atoms with Gasteiger partial charge in [-0.2, -0.15) is 18.2 Å². The Morgan fingerprint density at radius 2 is 1.95 bits per heavy atom. The largest absolute Gasteiger partial charge is 0.437 e. The average molecular weight is 305 g/mol. The zero-order valence-corrected chi connectivity index (χ0v) is 10.5. The summed E-state index contributed by atoms with van der Waals surface area (Å²) >= 11 is 5.70. The summed E-state index contributed by atoms with van der Waals surface area (Å²) in [6.07, 6.45) is -1.89. The van der Waals surface area contributed by atoms with Gasteiger partial charge in [0.05, 0.1) is 16.8 Å². The third-order valence-electron chi connectivity index (χ3n) is 2.18. The summed E-state index contributed by atoms with van der Waals surface area (Å²) in [5.74, 6) is 4.78. The first kappa shape index (κ1) is 14.4. The molecule has 2 rings (SSSR count). The van der Waals surface area contributed by atoms with Crippen molar-refractivity contribution in [1.82, 2.24) is 9.97 Å². The highest BCUT2D eigenvalue weighted by molar-refractivity contribution is 6.30. The van der Waals surface area contributed by atoms with Gasteiger partial charge in [-0.1, -0.05) is 11.6 Å². The zero-order chi connectivity index (χ0) is 14.8. The summed E-state index contributed by atoms with van der Waals surface area (Å²) in [6, 6.07) is 2.91. The molecule has 0 saturated carbocycles. The van der Waals surface area contributed by atoms with Crippen LogP contribution < -0.4 is 16.0 Å². The highest BCUT2D eigenvalue weighted by Crippen LogP contribution is 2.33. The molecule has 0 aliphatic rings. The lowest BCUT2D eigenvalue weighted by atomic mass is 10.2. The van der Waals surface area contributed by atoms with E-state index >= 15 is 0 Å². The fourth-order valence-electron chi connectivity index (χ4n) is 1.36. The molecule has 5 nitrogen and oxygen atoms in total. The molecule has 2 aromatic rings. The van der Waals surface area contributed by atoms with Crippen molar-refractivity contribution in [2.75, 3.05) is 5.43 Å². The van der Waals surface area contributed by atoms with Crippen LogP contribution in [0.25, 0.3) is 0 Å². The predicted octanol–water partition coefficient (Wildman–Crippen LogP) is 3.23. The number of nitrogens with zero attached hydrogens (tertiary/aromatic N) is 2. The summed E-state index contributed by atoms with van der Waals surface area (Å²) in [5, 5.41) is 0.284. The van der Waals surface area contributed by atoms with Gasteiger partial charge in [-0.05, 0) is 6.07 Å². The average Bonchev–Trinajstić information content (AvgIpc) is 2.37. The van der Waals surface area contributed by atoms with Crippen LogP contribution in [0.15, 0.2) is 30.6 Å². The van der Waals surface area contributed by atoms with E-state index in [9.17, 15) is 13.2 Å². The molecule has 3 N–H and O–H groups in total. The molecule has 0 spiro atoms. The summed E-state index contributed by atoms with van der Waals surface area (Å²) in [7, 11) is 0. The van der Waals surface area contributed by atoms with Crippen LogP contribution in [0.3, 0.4) is 0 Å². The molecule has 0 aromatic carbocycles. The van der Waals surface area contributed by atoms with Crippen LogP contribution in [0.1, 0.15) is 5.56 Å². The van der Waals surface area contributed by atoms with E-state index in [1.54, 1.807) is 0 Å². The number of pyridine rings is 2. The van der Waals surface area contributed by atoms with Gasteiger partial charge in [0.25, 0.3) is 0 Å². The molecule has 106 valence electrons. The van der Waals surface area contributed by atoms with Gasteiger partial charge in [0.15, 0.2) is 0 Å². The highest BCUT2D eigenvalue weighted by Gasteiger charge is 2.32. The maximum Gasteiger partial charge on any atom is 0.416 e. The quantitative estimate of drug-likeness (QED) is 0.673. The van der Waals surface area contributed by atoms with Gasteiger partial charge in [-0.15, -0.1) is 0 Å². The third kappa shape index (κ3) is 3.49. The molecular weight excluding hydrogens is 297 g/mol. The molecule has 0 saturated heterocycles. The molecule has 0 bridgehead atoms. The summed E-state index contributed by atoms with van der Waals surface area (Å²) in [6.45, 7) is 0. The smallest absolute Gasteiger partial charge is 0.416 e. The fraction of sp³-hybridized carbons (Fsp3) is 0.0909. The van der Waals surface area contributed by atoms with Crippen LogP contribution in [0.2, 0.25) is 5.02 Å². The van der Waals surface area contributed by atoms with Crippen LogP contribution in [0, 0.1) is 0 Å². The Hall–Kier alpha value is -2.06. The second kappa shape index (κ2) is 5.51. The number of aromatic nitrogens is 2. The van der Waals surface area contributed by atoms with E-state index in [4.69, 9.17) is 22.2 Å². The van der Waals surface area contributed by atoms with E-state index in [1.807, 2.05) is 5.43 Å². The molecule has 0 fully saturated rings. The van der Waals surface area contributed by atoms with E-state index in [1.165, 1.54) is 18.5 Å². The summed E-state index contributed by atoms with van der Waals surface area (Å²) < 4.78 is 43.3. The van der Waals surface area contributed by atoms with Crippen LogP contribution in [-0.4, -0.2) is 9.97 Å². The van der Waals surface area contributed by atoms with Crippen molar-refractivity contribution in [3.8, 4) is 11.6 Å². The number of hydrogen-bond donors (Lipinski definition) is 2. The van der Waals surface area contributed by atoms with Gasteiger partial charge in [0.1, 0.15) is 11.6 Å². The minimum atomic E-state index is -4.54. The normalized spacial score (nSPS) is 11.2. The Morgan fingerprint density at radius 1 is 1.20 bits per heavy atom. The number of nitrogens with one attached hydrogen (secondary N) is 1. The summed E-state index contributed by atoms with van der Waals surface area (Å²) in [5.41, 5.74) is 1.10. The zero-order valence-electron chi connectivity index (χ0n) is 9.78. The Bertz CT molecular complexity index is 621. The molecule has 0 atom stereocenters. The van der Waals surface area contributed by atoms with E-state index < -0.39 is 11.7 Å². The number of anilines is 1. The molecular formula is C11H8ClF3N4O. The van der Waals surface area contributed by atoms with E-state index in [-0.39, 0.29) is 22.5 Å². The number of ether oxygens (including phenoxy) is 1. The number of nitrogen functional groups attached to an aromatic ring is 1. The van der Waals surface area contributed by atoms with Crippen molar-refractivity contribution in [3.63, 3.8) is 0 Å². The SMILES string of the molecule is NNc1cc(C(F)(F)F)cc(Oc2cncc(Cl)c2)n1. The minimum Gasteiger partial charge on any atom is -0.437 e. The van der Waals surface area contributed by atoms with Crippen LogP contribution in [0.5, 0.6) is 11.6 Å². The number of halogens is 4. The van der Waals surface area contributed by atoms with Crippen molar-refractivity contribution in [2.24, 2.45) is 5.84 Å². The van der Waals surface area contributed by atoms with Crippen molar-refractivity contribution in [2.45, 2.75) is 6.18 Å².